The summed E-state index contributed by atoms with van der Waals surface area (Å²) in [5.41, 5.74) is 1.18. The molecule has 0 fully saturated rings. The van der Waals surface area contributed by atoms with E-state index in [0.717, 1.165) is 23.3 Å². The first-order valence-electron chi connectivity index (χ1n) is 5.88. The summed E-state index contributed by atoms with van der Waals surface area (Å²) in [4.78, 5) is 1.33. The Morgan fingerprint density at radius 3 is 2.89 bits per heavy atom. The van der Waals surface area contributed by atoms with Gasteiger partial charge in [0.05, 0.1) is 0 Å². The van der Waals surface area contributed by atoms with Gasteiger partial charge in [-0.1, -0.05) is 18.2 Å². The van der Waals surface area contributed by atoms with Gasteiger partial charge in [0.15, 0.2) is 0 Å². The van der Waals surface area contributed by atoms with Crippen molar-refractivity contribution in [3.8, 4) is 5.75 Å². The largest absolute Gasteiger partial charge is 0.492 e. The first-order chi connectivity index (χ1) is 8.75. The van der Waals surface area contributed by atoms with Crippen LogP contribution in [-0.4, -0.2) is 13.2 Å². The molecule has 0 spiro atoms. The molecule has 96 valence electrons. The van der Waals surface area contributed by atoms with Gasteiger partial charge < -0.3 is 10.1 Å². The minimum absolute atomic E-state index is 0.692. The number of benzene rings is 1. The number of aryl methyl sites for hydroxylation is 1. The fraction of sp³-hybridized carbons (Fsp3) is 0.286. The van der Waals surface area contributed by atoms with Crippen LogP contribution < -0.4 is 10.1 Å². The third-order valence-electron chi connectivity index (χ3n) is 2.55. The zero-order valence-corrected chi connectivity index (χ0v) is 12.7. The van der Waals surface area contributed by atoms with Crippen molar-refractivity contribution in [1.29, 1.82) is 0 Å². The average Bonchev–Trinajstić information content (AvgIpc) is 2.77. The van der Waals surface area contributed by atoms with E-state index in [1.165, 1.54) is 10.4 Å². The second-order valence-electron chi connectivity index (χ2n) is 4.02. The van der Waals surface area contributed by atoms with Crippen molar-refractivity contribution in [2.24, 2.45) is 0 Å². The molecular formula is C14H16BrNOS. The van der Waals surface area contributed by atoms with Crippen molar-refractivity contribution >= 4 is 27.3 Å². The molecule has 18 heavy (non-hydrogen) atoms. The van der Waals surface area contributed by atoms with Crippen molar-refractivity contribution in [3.05, 3.63) is 50.6 Å². The van der Waals surface area contributed by atoms with Gasteiger partial charge in [0.1, 0.15) is 12.4 Å². The number of para-hydroxylation sites is 1. The molecule has 0 saturated heterocycles. The van der Waals surface area contributed by atoms with Gasteiger partial charge in [-0.15, -0.1) is 11.3 Å². The molecule has 2 rings (SSSR count). The smallest absolute Gasteiger partial charge is 0.122 e. The number of ether oxygens (including phenoxy) is 1. The number of nitrogens with one attached hydrogen (secondary N) is 1. The Labute approximate surface area is 120 Å². The van der Waals surface area contributed by atoms with E-state index in [1.807, 2.05) is 18.2 Å². The predicted molar refractivity (Wildman–Crippen MR) is 80.4 cm³/mol. The van der Waals surface area contributed by atoms with Crippen LogP contribution in [0.5, 0.6) is 5.75 Å². The van der Waals surface area contributed by atoms with E-state index in [1.54, 1.807) is 11.3 Å². The molecule has 1 N–H and O–H groups in total. The molecule has 0 bridgehead atoms. The minimum Gasteiger partial charge on any atom is -0.492 e. The van der Waals surface area contributed by atoms with Gasteiger partial charge in [-0.2, -0.15) is 0 Å². The van der Waals surface area contributed by atoms with Crippen LogP contribution in [0.1, 0.15) is 10.4 Å². The Morgan fingerprint density at radius 1 is 1.33 bits per heavy atom. The Morgan fingerprint density at radius 2 is 2.17 bits per heavy atom. The SMILES string of the molecule is Cc1ccccc1OCCNCc1cc(Br)cs1. The fourth-order valence-electron chi connectivity index (χ4n) is 1.61. The molecule has 0 unspecified atom stereocenters. The lowest BCUT2D eigenvalue weighted by Crippen LogP contribution is -2.20. The van der Waals surface area contributed by atoms with Crippen LogP contribution in [0.15, 0.2) is 40.2 Å². The Hall–Kier alpha value is -0.840. The van der Waals surface area contributed by atoms with Gasteiger partial charge in [-0.05, 0) is 40.5 Å². The maximum atomic E-state index is 5.71. The molecule has 2 aromatic rings. The summed E-state index contributed by atoms with van der Waals surface area (Å²) in [5, 5.41) is 5.47. The van der Waals surface area contributed by atoms with E-state index in [0.29, 0.717) is 6.61 Å². The van der Waals surface area contributed by atoms with Gasteiger partial charge in [-0.3, -0.25) is 0 Å². The minimum atomic E-state index is 0.692. The van der Waals surface area contributed by atoms with Crippen LogP contribution in [0.25, 0.3) is 0 Å². The van der Waals surface area contributed by atoms with Crippen molar-refractivity contribution in [3.63, 3.8) is 0 Å². The molecule has 0 aliphatic rings. The second kappa shape index (κ2) is 6.92. The number of rotatable bonds is 6. The van der Waals surface area contributed by atoms with Gasteiger partial charge in [-0.25, -0.2) is 0 Å². The standard InChI is InChI=1S/C14H16BrNOS/c1-11-4-2-3-5-14(11)17-7-6-16-9-13-8-12(15)10-18-13/h2-5,8,10,16H,6-7,9H2,1H3. The summed E-state index contributed by atoms with van der Waals surface area (Å²) in [6, 6.07) is 10.2. The number of hydrogen-bond donors (Lipinski definition) is 1. The zero-order chi connectivity index (χ0) is 12.8. The molecule has 4 heteroatoms. The van der Waals surface area contributed by atoms with Gasteiger partial charge >= 0.3 is 0 Å². The normalized spacial score (nSPS) is 10.6. The van der Waals surface area contributed by atoms with Crippen molar-refractivity contribution < 1.29 is 4.74 Å². The number of hydrogen-bond acceptors (Lipinski definition) is 3. The fourth-order valence-corrected chi connectivity index (χ4v) is 3.03. The summed E-state index contributed by atoms with van der Waals surface area (Å²) in [6.45, 7) is 4.50. The quantitative estimate of drug-likeness (QED) is 0.811. The molecular weight excluding hydrogens is 310 g/mol. The molecule has 0 amide bonds. The first-order valence-corrected chi connectivity index (χ1v) is 7.55. The van der Waals surface area contributed by atoms with Crippen LogP contribution in [0, 0.1) is 6.92 Å². The van der Waals surface area contributed by atoms with E-state index >= 15 is 0 Å². The molecule has 1 aromatic heterocycles. The topological polar surface area (TPSA) is 21.3 Å². The lowest BCUT2D eigenvalue weighted by atomic mass is 10.2. The molecule has 1 aromatic carbocycles. The lowest BCUT2D eigenvalue weighted by molar-refractivity contribution is 0.312. The van der Waals surface area contributed by atoms with Crippen LogP contribution in [0.2, 0.25) is 0 Å². The summed E-state index contributed by atoms with van der Waals surface area (Å²) < 4.78 is 6.86. The molecule has 0 radical (unpaired) electrons. The maximum Gasteiger partial charge on any atom is 0.122 e. The van der Waals surface area contributed by atoms with Crippen LogP contribution >= 0.6 is 27.3 Å². The second-order valence-corrected chi connectivity index (χ2v) is 5.93. The monoisotopic (exact) mass is 325 g/mol. The van der Waals surface area contributed by atoms with E-state index < -0.39 is 0 Å². The van der Waals surface area contributed by atoms with Gasteiger partial charge in [0.2, 0.25) is 0 Å². The highest BCUT2D eigenvalue weighted by Crippen LogP contribution is 2.19. The van der Waals surface area contributed by atoms with Crippen molar-refractivity contribution in [2.75, 3.05) is 13.2 Å². The summed E-state index contributed by atoms with van der Waals surface area (Å²) in [6.07, 6.45) is 0. The highest BCUT2D eigenvalue weighted by atomic mass is 79.9. The summed E-state index contributed by atoms with van der Waals surface area (Å²) in [5.74, 6) is 0.971. The van der Waals surface area contributed by atoms with Crippen molar-refractivity contribution in [1.82, 2.24) is 5.32 Å². The van der Waals surface area contributed by atoms with Gasteiger partial charge in [0, 0.05) is 27.8 Å². The summed E-state index contributed by atoms with van der Waals surface area (Å²) in [7, 11) is 0. The first kappa shape index (κ1) is 13.6. The van der Waals surface area contributed by atoms with E-state index in [4.69, 9.17) is 4.74 Å². The Bertz CT molecular complexity index is 498. The van der Waals surface area contributed by atoms with Crippen molar-refractivity contribution in [2.45, 2.75) is 13.5 Å². The Balaban J connectivity index is 1.66. The van der Waals surface area contributed by atoms with Crippen LogP contribution in [-0.2, 0) is 6.54 Å². The molecule has 0 aliphatic heterocycles. The maximum absolute atomic E-state index is 5.71. The number of halogens is 1. The summed E-state index contributed by atoms with van der Waals surface area (Å²) >= 11 is 5.21. The Kier molecular flexibility index (Phi) is 5.23. The average molecular weight is 326 g/mol. The zero-order valence-electron chi connectivity index (χ0n) is 10.3. The molecule has 1 heterocycles. The highest BCUT2D eigenvalue weighted by Gasteiger charge is 1.98. The molecule has 0 saturated carbocycles. The molecule has 0 aliphatic carbocycles. The molecule has 2 nitrogen and oxygen atoms in total. The predicted octanol–water partition coefficient (Wildman–Crippen LogP) is 3.99. The molecule has 0 atom stereocenters. The van der Waals surface area contributed by atoms with E-state index in [2.05, 4.69) is 45.7 Å². The lowest BCUT2D eigenvalue weighted by Gasteiger charge is -2.09. The number of thiophene rings is 1. The highest BCUT2D eigenvalue weighted by molar-refractivity contribution is 9.10. The van der Waals surface area contributed by atoms with Crippen LogP contribution in [0.3, 0.4) is 0 Å². The third kappa shape index (κ3) is 4.12. The third-order valence-corrected chi connectivity index (χ3v) is 4.25. The van der Waals surface area contributed by atoms with Crippen LogP contribution in [0.4, 0.5) is 0 Å². The van der Waals surface area contributed by atoms with Gasteiger partial charge in [0.25, 0.3) is 0 Å². The van der Waals surface area contributed by atoms with E-state index in [9.17, 15) is 0 Å². The van der Waals surface area contributed by atoms with E-state index in [-0.39, 0.29) is 0 Å².